The van der Waals surface area contributed by atoms with Crippen LogP contribution in [-0.2, 0) is 27.5 Å². The van der Waals surface area contributed by atoms with E-state index in [0.29, 0.717) is 35.2 Å². The van der Waals surface area contributed by atoms with Gasteiger partial charge in [0.2, 0.25) is 10.0 Å². The van der Waals surface area contributed by atoms with Crippen molar-refractivity contribution in [2.45, 2.75) is 48.8 Å². The van der Waals surface area contributed by atoms with Gasteiger partial charge in [-0.2, -0.15) is 0 Å². The van der Waals surface area contributed by atoms with Gasteiger partial charge >= 0.3 is 0 Å². The van der Waals surface area contributed by atoms with E-state index in [1.165, 1.54) is 12.1 Å². The third-order valence-electron chi connectivity index (χ3n) is 5.23. The first-order valence-corrected chi connectivity index (χ1v) is 13.0. The molecule has 166 valence electrons. The lowest BCUT2D eigenvalue weighted by molar-refractivity contribution is 0.537. The van der Waals surface area contributed by atoms with Gasteiger partial charge in [-0.05, 0) is 88.8 Å². The van der Waals surface area contributed by atoms with E-state index < -0.39 is 21.1 Å². The Balaban J connectivity index is 1.66. The maximum Gasteiger partial charge on any atom is 0.240 e. The van der Waals surface area contributed by atoms with Gasteiger partial charge in [0.15, 0.2) is 0 Å². The van der Waals surface area contributed by atoms with E-state index in [-0.39, 0.29) is 4.90 Å². The van der Waals surface area contributed by atoms with Gasteiger partial charge in [-0.1, -0.05) is 49.7 Å². The zero-order valence-electron chi connectivity index (χ0n) is 17.4. The minimum absolute atomic E-state index is 0.176. The normalized spacial score (nSPS) is 13.1. The van der Waals surface area contributed by atoms with E-state index in [1.807, 2.05) is 24.3 Å². The number of halogens is 1. The first kappa shape index (κ1) is 23.9. The van der Waals surface area contributed by atoms with Gasteiger partial charge in [-0.25, -0.2) is 13.1 Å². The zero-order valence-corrected chi connectivity index (χ0v) is 19.8. The Labute approximate surface area is 191 Å². The predicted octanol–water partition coefficient (Wildman–Crippen LogP) is 5.11. The van der Waals surface area contributed by atoms with Crippen molar-refractivity contribution in [1.82, 2.24) is 4.72 Å². The van der Waals surface area contributed by atoms with E-state index in [9.17, 15) is 17.2 Å². The highest BCUT2D eigenvalue weighted by atomic mass is 35.5. The van der Waals surface area contributed by atoms with Crippen LogP contribution in [0.1, 0.15) is 43.7 Å². The maximum absolute atomic E-state index is 12.3. The monoisotopic (exact) mass is 478 g/mol. The summed E-state index contributed by atoms with van der Waals surface area (Å²) in [6.45, 7) is 4.49. The molecule has 0 saturated carbocycles. The molecule has 0 amide bonds. The molecule has 8 heteroatoms. The van der Waals surface area contributed by atoms with E-state index >= 15 is 0 Å². The topological polar surface area (TPSA) is 86.3 Å². The summed E-state index contributed by atoms with van der Waals surface area (Å²) in [6.07, 6.45) is 2.02. The smallest absolute Gasteiger partial charge is 0.240 e. The first-order valence-electron chi connectivity index (χ1n) is 10.1. The Kier molecular flexibility index (Phi) is 7.88. The predicted molar refractivity (Wildman–Crippen MR) is 124 cm³/mol. The molecule has 2 aliphatic rings. The number of hydrogen-bond donors (Lipinski definition) is 1. The number of nitrogens with one attached hydrogen (secondary N) is 1. The fourth-order valence-corrected chi connectivity index (χ4v) is 5.27. The summed E-state index contributed by atoms with van der Waals surface area (Å²) >= 11 is 3.49. The van der Waals surface area contributed by atoms with E-state index in [0.717, 1.165) is 28.7 Å². The number of fused-ring (bicyclic) bond motifs is 1. The molecule has 0 aliphatic heterocycles. The van der Waals surface area contributed by atoms with Gasteiger partial charge in [0.25, 0.3) is 0 Å². The van der Waals surface area contributed by atoms with Crippen LogP contribution >= 0.6 is 11.6 Å². The average molecular weight is 479 g/mol. The fourth-order valence-electron chi connectivity index (χ4n) is 3.48. The Hall–Kier alpha value is -1.77. The number of benzene rings is 1. The van der Waals surface area contributed by atoms with Crippen LogP contribution < -0.4 is 4.72 Å². The molecule has 1 unspecified atom stereocenters. The molecular weight excluding hydrogens is 454 g/mol. The zero-order chi connectivity index (χ0) is 22.6. The van der Waals surface area contributed by atoms with Crippen molar-refractivity contribution in [3.63, 3.8) is 0 Å². The molecule has 0 fully saturated rings. The SMILES string of the molecule is CC(C)c1ccc2c(CCCCNS(=O)(=O)c3ccc(Cl)cc3)cc(S(=O)[O-])c-2cc1. The van der Waals surface area contributed by atoms with Gasteiger partial charge in [0, 0.05) is 16.5 Å². The molecule has 1 aromatic carbocycles. The van der Waals surface area contributed by atoms with Crippen molar-refractivity contribution in [2.75, 3.05) is 6.54 Å². The lowest BCUT2D eigenvalue weighted by atomic mass is 10.0. The minimum atomic E-state index is -3.58. The second-order valence-electron chi connectivity index (χ2n) is 7.73. The molecule has 1 atom stereocenters. The minimum Gasteiger partial charge on any atom is -0.768 e. The Bertz CT molecular complexity index is 1140. The highest BCUT2D eigenvalue weighted by Gasteiger charge is 2.16. The number of unbranched alkanes of at least 4 members (excludes halogenated alkanes) is 1. The summed E-state index contributed by atoms with van der Waals surface area (Å²) in [5.74, 6) is 0.342. The van der Waals surface area contributed by atoms with Gasteiger partial charge in [0.05, 0.1) is 4.90 Å². The summed E-state index contributed by atoms with van der Waals surface area (Å²) in [5.41, 5.74) is 3.74. The Morgan fingerprint density at radius 1 is 1.00 bits per heavy atom. The molecule has 3 rings (SSSR count). The van der Waals surface area contributed by atoms with Crippen LogP contribution in [0, 0.1) is 0 Å². The number of rotatable bonds is 9. The lowest BCUT2D eigenvalue weighted by Gasteiger charge is -2.07. The molecule has 31 heavy (non-hydrogen) atoms. The van der Waals surface area contributed by atoms with E-state index in [1.54, 1.807) is 18.2 Å². The molecule has 0 spiro atoms. The largest absolute Gasteiger partial charge is 0.768 e. The van der Waals surface area contributed by atoms with Crippen LogP contribution in [-0.4, -0.2) is 23.7 Å². The third kappa shape index (κ3) is 5.93. The first-order chi connectivity index (χ1) is 14.7. The summed E-state index contributed by atoms with van der Waals surface area (Å²) < 4.78 is 50.7. The molecular formula is C23H25ClNO4S2-. The van der Waals surface area contributed by atoms with Crippen molar-refractivity contribution >= 4 is 32.7 Å². The molecule has 1 N–H and O–H groups in total. The molecule has 0 bridgehead atoms. The van der Waals surface area contributed by atoms with Crippen molar-refractivity contribution in [3.8, 4) is 11.1 Å². The van der Waals surface area contributed by atoms with Gasteiger partial charge in [-0.15, -0.1) is 0 Å². The van der Waals surface area contributed by atoms with Gasteiger partial charge < -0.3 is 4.55 Å². The summed E-state index contributed by atoms with van der Waals surface area (Å²) in [5, 5.41) is 0.480. The van der Waals surface area contributed by atoms with Crippen LogP contribution in [0.25, 0.3) is 11.1 Å². The molecule has 5 nitrogen and oxygen atoms in total. The van der Waals surface area contributed by atoms with Crippen molar-refractivity contribution < 1.29 is 17.2 Å². The quantitative estimate of drug-likeness (QED) is 0.342. The second-order valence-corrected chi connectivity index (χ2v) is 10.8. The molecule has 0 saturated heterocycles. The number of sulfonamides is 1. The summed E-state index contributed by atoms with van der Waals surface area (Å²) in [6, 6.07) is 15.6. The molecule has 1 aromatic rings. The molecule has 2 aliphatic carbocycles. The summed E-state index contributed by atoms with van der Waals surface area (Å²) in [7, 11) is -3.58. The second kappa shape index (κ2) is 10.2. The van der Waals surface area contributed by atoms with Crippen molar-refractivity contribution in [3.05, 3.63) is 70.7 Å². The van der Waals surface area contributed by atoms with Crippen LogP contribution in [0.3, 0.4) is 0 Å². The fraction of sp³-hybridized carbons (Fsp3) is 0.304. The highest BCUT2D eigenvalue weighted by molar-refractivity contribution is 7.89. The van der Waals surface area contributed by atoms with Crippen LogP contribution in [0.15, 0.2) is 64.4 Å². The summed E-state index contributed by atoms with van der Waals surface area (Å²) in [4.78, 5) is 0.481. The third-order valence-corrected chi connectivity index (χ3v) is 7.65. The molecule has 0 heterocycles. The van der Waals surface area contributed by atoms with E-state index in [4.69, 9.17) is 11.6 Å². The van der Waals surface area contributed by atoms with Gasteiger partial charge in [0.1, 0.15) is 0 Å². The molecule has 0 aromatic heterocycles. The van der Waals surface area contributed by atoms with Crippen LogP contribution in [0.2, 0.25) is 5.02 Å². The lowest BCUT2D eigenvalue weighted by Crippen LogP contribution is -2.24. The maximum atomic E-state index is 12.3. The molecule has 0 radical (unpaired) electrons. The Morgan fingerprint density at radius 3 is 2.26 bits per heavy atom. The van der Waals surface area contributed by atoms with Crippen molar-refractivity contribution in [2.24, 2.45) is 0 Å². The van der Waals surface area contributed by atoms with Gasteiger partial charge in [-0.3, -0.25) is 4.21 Å². The highest BCUT2D eigenvalue weighted by Crippen LogP contribution is 2.35. The standard InChI is InChI=1S/C23H26ClNO4S2/c1-16(2)17-6-12-21-18(15-23(30(26)27)22(21)13-7-17)5-3-4-14-25-31(28,29)20-10-8-19(24)9-11-20/h6-13,15-16,25H,3-5,14H2,1-2H3,(H,26,27)/p-1. The Morgan fingerprint density at radius 2 is 1.65 bits per heavy atom. The number of aryl methyl sites for hydroxylation is 1. The average Bonchev–Trinajstić information content (AvgIpc) is 2.90. The van der Waals surface area contributed by atoms with Crippen LogP contribution in [0.4, 0.5) is 0 Å². The van der Waals surface area contributed by atoms with E-state index in [2.05, 4.69) is 18.6 Å². The van der Waals surface area contributed by atoms with Crippen molar-refractivity contribution in [1.29, 1.82) is 0 Å². The van der Waals surface area contributed by atoms with Crippen LogP contribution in [0.5, 0.6) is 0 Å². The number of hydrogen-bond acceptors (Lipinski definition) is 4.